The average Bonchev–Trinajstić information content (AvgIpc) is 2.91. The molecule has 0 fully saturated rings. The standard InChI is InChI=1S/C15H13N5O2S/c1-10-8-12(20(21)22)9-16-14(10)23-15-18-17-13(19(15)2)11-6-4-3-5-7-11/h3-9H,1-2H3. The number of pyridine rings is 1. The van der Waals surface area contributed by atoms with E-state index in [1.54, 1.807) is 6.92 Å². The fourth-order valence-electron chi connectivity index (χ4n) is 2.08. The van der Waals surface area contributed by atoms with Crippen LogP contribution in [0, 0.1) is 17.0 Å². The van der Waals surface area contributed by atoms with E-state index in [1.165, 1.54) is 24.0 Å². The van der Waals surface area contributed by atoms with E-state index in [9.17, 15) is 10.1 Å². The summed E-state index contributed by atoms with van der Waals surface area (Å²) in [7, 11) is 1.88. The van der Waals surface area contributed by atoms with Gasteiger partial charge in [-0.2, -0.15) is 0 Å². The Balaban J connectivity index is 1.90. The molecule has 116 valence electrons. The summed E-state index contributed by atoms with van der Waals surface area (Å²) in [4.78, 5) is 14.5. The first kappa shape index (κ1) is 15.2. The molecule has 2 aromatic heterocycles. The van der Waals surface area contributed by atoms with Crippen molar-refractivity contribution in [1.29, 1.82) is 0 Å². The molecule has 0 radical (unpaired) electrons. The van der Waals surface area contributed by atoms with Crippen molar-refractivity contribution in [2.45, 2.75) is 17.1 Å². The first-order valence-electron chi connectivity index (χ1n) is 6.80. The van der Waals surface area contributed by atoms with Crippen LogP contribution in [0.2, 0.25) is 0 Å². The Kier molecular flexibility index (Phi) is 4.07. The van der Waals surface area contributed by atoms with Gasteiger partial charge in [-0.05, 0) is 24.2 Å². The van der Waals surface area contributed by atoms with E-state index in [2.05, 4.69) is 15.2 Å². The number of benzene rings is 1. The second kappa shape index (κ2) is 6.17. The Morgan fingerprint density at radius 2 is 1.96 bits per heavy atom. The highest BCUT2D eigenvalue weighted by molar-refractivity contribution is 7.99. The molecular weight excluding hydrogens is 314 g/mol. The molecule has 2 heterocycles. The average molecular weight is 327 g/mol. The van der Waals surface area contributed by atoms with E-state index in [1.807, 2.05) is 41.9 Å². The lowest BCUT2D eigenvalue weighted by Gasteiger charge is -2.05. The van der Waals surface area contributed by atoms with Crippen LogP contribution in [0.15, 0.2) is 52.8 Å². The van der Waals surface area contributed by atoms with Gasteiger partial charge in [0, 0.05) is 18.7 Å². The molecule has 23 heavy (non-hydrogen) atoms. The van der Waals surface area contributed by atoms with E-state index in [0.29, 0.717) is 10.2 Å². The number of aromatic nitrogens is 4. The van der Waals surface area contributed by atoms with Crippen molar-refractivity contribution in [1.82, 2.24) is 19.7 Å². The zero-order valence-corrected chi connectivity index (χ0v) is 13.3. The SMILES string of the molecule is Cc1cc([N+](=O)[O-])cnc1Sc1nnc(-c2ccccc2)n1C. The van der Waals surface area contributed by atoms with Gasteiger partial charge in [0.2, 0.25) is 0 Å². The first-order valence-corrected chi connectivity index (χ1v) is 7.61. The summed E-state index contributed by atoms with van der Waals surface area (Å²) in [6.07, 6.45) is 1.25. The number of hydrogen-bond acceptors (Lipinski definition) is 6. The van der Waals surface area contributed by atoms with Gasteiger partial charge in [0.05, 0.1) is 4.92 Å². The van der Waals surface area contributed by atoms with Crippen LogP contribution in [0.25, 0.3) is 11.4 Å². The van der Waals surface area contributed by atoms with Gasteiger partial charge in [0.25, 0.3) is 5.69 Å². The van der Waals surface area contributed by atoms with Crippen molar-refractivity contribution < 1.29 is 4.92 Å². The van der Waals surface area contributed by atoms with Crippen LogP contribution >= 0.6 is 11.8 Å². The summed E-state index contributed by atoms with van der Waals surface area (Å²) in [5, 5.41) is 20.5. The molecule has 0 atom stereocenters. The van der Waals surface area contributed by atoms with Crippen molar-refractivity contribution >= 4 is 17.4 Å². The van der Waals surface area contributed by atoms with E-state index >= 15 is 0 Å². The minimum atomic E-state index is -0.454. The number of hydrogen-bond donors (Lipinski definition) is 0. The third-order valence-corrected chi connectivity index (χ3v) is 4.44. The zero-order valence-electron chi connectivity index (χ0n) is 12.5. The van der Waals surface area contributed by atoms with Gasteiger partial charge in [-0.25, -0.2) is 4.98 Å². The van der Waals surface area contributed by atoms with E-state index in [4.69, 9.17) is 0 Å². The number of nitrogens with zero attached hydrogens (tertiary/aromatic N) is 5. The van der Waals surface area contributed by atoms with E-state index < -0.39 is 4.92 Å². The Labute approximate surface area is 136 Å². The molecule has 0 aliphatic carbocycles. The third-order valence-electron chi connectivity index (χ3n) is 3.28. The number of rotatable bonds is 4. The molecule has 0 bridgehead atoms. The van der Waals surface area contributed by atoms with Crippen LogP contribution in [0.1, 0.15) is 5.56 Å². The van der Waals surface area contributed by atoms with Gasteiger partial charge in [-0.1, -0.05) is 30.3 Å². The van der Waals surface area contributed by atoms with Crippen LogP contribution in [-0.4, -0.2) is 24.7 Å². The van der Waals surface area contributed by atoms with E-state index in [-0.39, 0.29) is 5.69 Å². The lowest BCUT2D eigenvalue weighted by molar-refractivity contribution is -0.385. The molecule has 0 N–H and O–H groups in total. The largest absolute Gasteiger partial charge is 0.305 e. The first-order chi connectivity index (χ1) is 11.1. The third kappa shape index (κ3) is 3.07. The summed E-state index contributed by atoms with van der Waals surface area (Å²) in [5.74, 6) is 0.757. The molecule has 0 amide bonds. The highest BCUT2D eigenvalue weighted by atomic mass is 32.2. The maximum atomic E-state index is 10.8. The zero-order chi connectivity index (χ0) is 16.4. The summed E-state index contributed by atoms with van der Waals surface area (Å²) in [5.41, 5.74) is 1.69. The summed E-state index contributed by atoms with van der Waals surface area (Å²) >= 11 is 1.33. The van der Waals surface area contributed by atoms with Gasteiger partial charge >= 0.3 is 0 Å². The quantitative estimate of drug-likeness (QED) is 0.540. The molecular formula is C15H13N5O2S. The molecule has 7 nitrogen and oxygen atoms in total. The van der Waals surface area contributed by atoms with Crippen LogP contribution in [0.5, 0.6) is 0 Å². The summed E-state index contributed by atoms with van der Waals surface area (Å²) < 4.78 is 1.88. The van der Waals surface area contributed by atoms with Gasteiger partial charge in [0.1, 0.15) is 11.2 Å². The molecule has 1 aromatic carbocycles. The second-order valence-electron chi connectivity index (χ2n) is 4.91. The molecule has 3 rings (SSSR count). The molecule has 3 aromatic rings. The maximum Gasteiger partial charge on any atom is 0.287 e. The maximum absolute atomic E-state index is 10.8. The molecule has 0 aliphatic heterocycles. The molecule has 0 aliphatic rings. The monoisotopic (exact) mass is 327 g/mol. The fraction of sp³-hybridized carbons (Fsp3) is 0.133. The predicted octanol–water partition coefficient (Wildman–Crippen LogP) is 3.24. The van der Waals surface area contributed by atoms with Gasteiger partial charge in [-0.3, -0.25) is 10.1 Å². The highest BCUT2D eigenvalue weighted by Crippen LogP contribution is 2.30. The number of nitro groups is 1. The molecule has 0 unspecified atom stereocenters. The van der Waals surface area contributed by atoms with Crippen LogP contribution in [0.4, 0.5) is 5.69 Å². The van der Waals surface area contributed by atoms with Gasteiger partial charge in [-0.15, -0.1) is 10.2 Å². The Hall–Kier alpha value is -2.74. The predicted molar refractivity (Wildman–Crippen MR) is 86.2 cm³/mol. The molecule has 0 saturated carbocycles. The molecule has 8 heteroatoms. The van der Waals surface area contributed by atoms with Crippen molar-refractivity contribution in [2.24, 2.45) is 7.05 Å². The topological polar surface area (TPSA) is 86.7 Å². The number of aryl methyl sites for hydroxylation is 1. The van der Waals surface area contributed by atoms with Crippen molar-refractivity contribution in [3.05, 3.63) is 58.3 Å². The molecule has 0 saturated heterocycles. The van der Waals surface area contributed by atoms with Crippen molar-refractivity contribution in [2.75, 3.05) is 0 Å². The summed E-state index contributed by atoms with van der Waals surface area (Å²) in [6.45, 7) is 1.79. The van der Waals surface area contributed by atoms with Crippen LogP contribution in [-0.2, 0) is 7.05 Å². The van der Waals surface area contributed by atoms with Gasteiger partial charge in [0.15, 0.2) is 11.0 Å². The van der Waals surface area contributed by atoms with E-state index in [0.717, 1.165) is 17.0 Å². The van der Waals surface area contributed by atoms with Crippen molar-refractivity contribution in [3.63, 3.8) is 0 Å². The Morgan fingerprint density at radius 3 is 2.61 bits per heavy atom. The normalized spacial score (nSPS) is 10.7. The van der Waals surface area contributed by atoms with Gasteiger partial charge < -0.3 is 4.57 Å². The fourth-order valence-corrected chi connectivity index (χ4v) is 2.89. The Bertz CT molecular complexity index is 864. The smallest absolute Gasteiger partial charge is 0.287 e. The lowest BCUT2D eigenvalue weighted by atomic mass is 10.2. The minimum Gasteiger partial charge on any atom is -0.305 e. The summed E-state index contributed by atoms with van der Waals surface area (Å²) in [6, 6.07) is 11.3. The van der Waals surface area contributed by atoms with Crippen molar-refractivity contribution in [3.8, 4) is 11.4 Å². The molecule has 0 spiro atoms. The van der Waals surface area contributed by atoms with Crippen LogP contribution < -0.4 is 0 Å². The minimum absolute atomic E-state index is 0.0187. The lowest BCUT2D eigenvalue weighted by Crippen LogP contribution is -1.96. The highest BCUT2D eigenvalue weighted by Gasteiger charge is 2.15. The Morgan fingerprint density at radius 1 is 1.22 bits per heavy atom. The van der Waals surface area contributed by atoms with Crippen LogP contribution in [0.3, 0.4) is 0 Å². The second-order valence-corrected chi connectivity index (χ2v) is 5.86.